The molecule has 1 saturated heterocycles. The van der Waals surface area contributed by atoms with Crippen molar-refractivity contribution in [3.8, 4) is 0 Å². The molecule has 0 radical (unpaired) electrons. The number of aromatic nitrogens is 1. The Morgan fingerprint density at radius 2 is 2.60 bits per heavy atom. The molecule has 5 heteroatoms. The maximum absolute atomic E-state index is 10.7. The van der Waals surface area contributed by atoms with Gasteiger partial charge in [-0.2, -0.15) is 0 Å². The fraction of sp³-hybridized carbons (Fsp3) is 0.600. The third-order valence-corrected chi connectivity index (χ3v) is 3.82. The molecule has 0 amide bonds. The minimum Gasteiger partial charge on any atom is -0.477 e. The van der Waals surface area contributed by atoms with E-state index >= 15 is 0 Å². The first-order valence-electron chi connectivity index (χ1n) is 5.18. The van der Waals surface area contributed by atoms with Crippen LogP contribution in [0.2, 0.25) is 0 Å². The summed E-state index contributed by atoms with van der Waals surface area (Å²) < 4.78 is 0. The normalized spacial score (nSPS) is 20.9. The van der Waals surface area contributed by atoms with Crippen LogP contribution in [0.4, 0.5) is 5.13 Å². The SMILES string of the molecule is CCC1CCCN1c1ncc(C(=O)O)s1. The van der Waals surface area contributed by atoms with Gasteiger partial charge in [-0.15, -0.1) is 0 Å². The van der Waals surface area contributed by atoms with Crippen LogP contribution in [0.25, 0.3) is 0 Å². The molecule has 0 bridgehead atoms. The molecule has 0 saturated carbocycles. The van der Waals surface area contributed by atoms with E-state index < -0.39 is 5.97 Å². The molecule has 1 aromatic heterocycles. The summed E-state index contributed by atoms with van der Waals surface area (Å²) in [4.78, 5) is 17.5. The molecule has 1 atom stereocenters. The number of thiazole rings is 1. The largest absolute Gasteiger partial charge is 0.477 e. The molecule has 1 aliphatic rings. The lowest BCUT2D eigenvalue weighted by atomic mass is 10.2. The molecular formula is C10H14N2O2S. The zero-order chi connectivity index (χ0) is 10.8. The van der Waals surface area contributed by atoms with E-state index in [1.807, 2.05) is 0 Å². The van der Waals surface area contributed by atoms with E-state index in [4.69, 9.17) is 5.11 Å². The Hall–Kier alpha value is -1.10. The van der Waals surface area contributed by atoms with Crippen LogP contribution in [0.3, 0.4) is 0 Å². The molecule has 1 fully saturated rings. The summed E-state index contributed by atoms with van der Waals surface area (Å²) in [7, 11) is 0. The molecule has 1 N–H and O–H groups in total. The van der Waals surface area contributed by atoms with Crippen molar-refractivity contribution in [2.45, 2.75) is 32.2 Å². The Morgan fingerprint density at radius 3 is 3.20 bits per heavy atom. The summed E-state index contributed by atoms with van der Waals surface area (Å²) in [5.74, 6) is -0.883. The average molecular weight is 226 g/mol. The average Bonchev–Trinajstić information content (AvgIpc) is 2.85. The second-order valence-corrected chi connectivity index (χ2v) is 4.72. The molecule has 1 aliphatic heterocycles. The van der Waals surface area contributed by atoms with Crippen LogP contribution < -0.4 is 4.90 Å². The van der Waals surface area contributed by atoms with Gasteiger partial charge in [0.2, 0.25) is 0 Å². The first-order chi connectivity index (χ1) is 7.22. The number of carboxylic acids is 1. The second-order valence-electron chi connectivity index (χ2n) is 3.71. The van der Waals surface area contributed by atoms with Crippen LogP contribution in [-0.4, -0.2) is 28.6 Å². The van der Waals surface area contributed by atoms with Gasteiger partial charge in [0.05, 0.1) is 6.20 Å². The summed E-state index contributed by atoms with van der Waals surface area (Å²) in [5.41, 5.74) is 0. The number of hydrogen-bond acceptors (Lipinski definition) is 4. The lowest BCUT2D eigenvalue weighted by Gasteiger charge is -2.22. The quantitative estimate of drug-likeness (QED) is 0.858. The molecule has 0 spiro atoms. The van der Waals surface area contributed by atoms with Crippen LogP contribution in [0.15, 0.2) is 6.20 Å². The van der Waals surface area contributed by atoms with Gasteiger partial charge < -0.3 is 10.0 Å². The topological polar surface area (TPSA) is 53.4 Å². The minimum absolute atomic E-state index is 0.326. The summed E-state index contributed by atoms with van der Waals surface area (Å²) >= 11 is 1.27. The fourth-order valence-electron chi connectivity index (χ4n) is 2.01. The van der Waals surface area contributed by atoms with Crippen molar-refractivity contribution in [1.29, 1.82) is 0 Å². The van der Waals surface area contributed by atoms with E-state index in [1.165, 1.54) is 30.4 Å². The van der Waals surface area contributed by atoms with Gasteiger partial charge in [0, 0.05) is 12.6 Å². The Morgan fingerprint density at radius 1 is 1.80 bits per heavy atom. The highest BCUT2D eigenvalue weighted by Crippen LogP contribution is 2.30. The first kappa shape index (κ1) is 10.4. The van der Waals surface area contributed by atoms with Gasteiger partial charge in [-0.1, -0.05) is 18.3 Å². The number of anilines is 1. The Labute approximate surface area is 92.6 Å². The van der Waals surface area contributed by atoms with Crippen LogP contribution in [0.1, 0.15) is 35.9 Å². The van der Waals surface area contributed by atoms with Gasteiger partial charge in [-0.3, -0.25) is 0 Å². The molecule has 1 aromatic rings. The van der Waals surface area contributed by atoms with Crippen molar-refractivity contribution in [3.05, 3.63) is 11.1 Å². The second kappa shape index (κ2) is 4.18. The lowest BCUT2D eigenvalue weighted by molar-refractivity contribution is 0.0702. The van der Waals surface area contributed by atoms with Crippen molar-refractivity contribution in [2.75, 3.05) is 11.4 Å². The Bertz CT molecular complexity index is 364. The van der Waals surface area contributed by atoms with Crippen LogP contribution in [0.5, 0.6) is 0 Å². The maximum atomic E-state index is 10.7. The molecule has 1 unspecified atom stereocenters. The van der Waals surface area contributed by atoms with Crippen molar-refractivity contribution in [3.63, 3.8) is 0 Å². The van der Waals surface area contributed by atoms with Gasteiger partial charge in [0.1, 0.15) is 4.88 Å². The number of carbonyl (C=O) groups is 1. The van der Waals surface area contributed by atoms with Crippen LogP contribution >= 0.6 is 11.3 Å². The predicted octanol–water partition coefficient (Wildman–Crippen LogP) is 2.22. The van der Waals surface area contributed by atoms with Crippen molar-refractivity contribution >= 4 is 22.4 Å². The van der Waals surface area contributed by atoms with Crippen molar-refractivity contribution < 1.29 is 9.90 Å². The first-order valence-corrected chi connectivity index (χ1v) is 5.99. The van der Waals surface area contributed by atoms with E-state index in [9.17, 15) is 4.79 Å². The molecule has 0 aliphatic carbocycles. The van der Waals surface area contributed by atoms with Crippen molar-refractivity contribution in [2.24, 2.45) is 0 Å². The zero-order valence-corrected chi connectivity index (χ0v) is 9.46. The summed E-state index contributed by atoms with van der Waals surface area (Å²) in [6, 6.07) is 0.540. The van der Waals surface area contributed by atoms with E-state index in [2.05, 4.69) is 16.8 Å². The summed E-state index contributed by atoms with van der Waals surface area (Å²) in [5, 5.41) is 9.67. The van der Waals surface area contributed by atoms with Gasteiger partial charge in [-0.05, 0) is 19.3 Å². The molecule has 82 valence electrons. The number of carboxylic acid groups (broad SMARTS) is 1. The number of hydrogen-bond donors (Lipinski definition) is 1. The number of rotatable bonds is 3. The van der Waals surface area contributed by atoms with E-state index in [0.717, 1.165) is 18.1 Å². The third kappa shape index (κ3) is 1.97. The number of aromatic carboxylic acids is 1. The zero-order valence-electron chi connectivity index (χ0n) is 8.64. The molecule has 2 heterocycles. The van der Waals surface area contributed by atoms with Gasteiger partial charge in [-0.25, -0.2) is 9.78 Å². The minimum atomic E-state index is -0.883. The fourth-order valence-corrected chi connectivity index (χ4v) is 2.86. The molecule has 4 nitrogen and oxygen atoms in total. The van der Waals surface area contributed by atoms with E-state index in [1.54, 1.807) is 0 Å². The number of nitrogens with zero attached hydrogens (tertiary/aromatic N) is 2. The monoisotopic (exact) mass is 226 g/mol. The highest BCUT2D eigenvalue weighted by molar-refractivity contribution is 7.17. The summed E-state index contributed by atoms with van der Waals surface area (Å²) in [6.07, 6.45) is 4.92. The van der Waals surface area contributed by atoms with E-state index in [-0.39, 0.29) is 0 Å². The predicted molar refractivity (Wildman–Crippen MR) is 59.7 cm³/mol. The highest BCUT2D eigenvalue weighted by atomic mass is 32.1. The Balaban J connectivity index is 2.18. The highest BCUT2D eigenvalue weighted by Gasteiger charge is 2.25. The molecule has 2 rings (SSSR count). The van der Waals surface area contributed by atoms with Crippen LogP contribution in [0, 0.1) is 0 Å². The van der Waals surface area contributed by atoms with Gasteiger partial charge >= 0.3 is 5.97 Å². The third-order valence-electron chi connectivity index (χ3n) is 2.80. The smallest absolute Gasteiger partial charge is 0.347 e. The Kier molecular flexibility index (Phi) is 2.90. The lowest BCUT2D eigenvalue weighted by Crippen LogP contribution is -2.28. The van der Waals surface area contributed by atoms with Crippen molar-refractivity contribution in [1.82, 2.24) is 4.98 Å². The maximum Gasteiger partial charge on any atom is 0.347 e. The standard InChI is InChI=1S/C10H14N2O2S/c1-2-7-4-3-5-12(7)10-11-6-8(15-10)9(13)14/h6-7H,2-5H2,1H3,(H,13,14). The van der Waals surface area contributed by atoms with Gasteiger partial charge in [0.15, 0.2) is 5.13 Å². The van der Waals surface area contributed by atoms with Gasteiger partial charge in [0.25, 0.3) is 0 Å². The summed E-state index contributed by atoms with van der Waals surface area (Å²) in [6.45, 7) is 3.17. The molecule has 0 aromatic carbocycles. The van der Waals surface area contributed by atoms with Crippen LogP contribution in [-0.2, 0) is 0 Å². The van der Waals surface area contributed by atoms with E-state index in [0.29, 0.717) is 10.9 Å². The molecular weight excluding hydrogens is 212 g/mol. The molecule has 15 heavy (non-hydrogen) atoms.